The van der Waals surface area contributed by atoms with Gasteiger partial charge in [0.2, 0.25) is 0 Å². The Morgan fingerprint density at radius 1 is 1.11 bits per heavy atom. The van der Waals surface area contributed by atoms with Crippen LogP contribution < -0.4 is 10.6 Å². The molecule has 0 unspecified atom stereocenters. The smallest absolute Gasteiger partial charge is 0.251 e. The monoisotopic (exact) mass is 367 g/mol. The van der Waals surface area contributed by atoms with Crippen molar-refractivity contribution in [3.8, 4) is 0 Å². The molecule has 1 heterocycles. The molecule has 2 aromatic rings. The number of halogens is 1. The van der Waals surface area contributed by atoms with Gasteiger partial charge in [0.25, 0.3) is 5.91 Å². The van der Waals surface area contributed by atoms with Crippen LogP contribution in [0, 0.1) is 5.82 Å². The molecule has 2 N–H and O–H groups in total. The van der Waals surface area contributed by atoms with Crippen molar-refractivity contribution in [3.63, 3.8) is 0 Å². The molecule has 0 atom stereocenters. The van der Waals surface area contributed by atoms with Crippen LogP contribution >= 0.6 is 0 Å². The SMILES string of the molecule is O=C(NCCC1=CCCCC1)c1ccnc(NCCc2ccccc2F)c1. The van der Waals surface area contributed by atoms with Gasteiger partial charge in [0, 0.05) is 24.8 Å². The van der Waals surface area contributed by atoms with Gasteiger partial charge in [-0.3, -0.25) is 4.79 Å². The second kappa shape index (κ2) is 9.86. The second-order valence-corrected chi connectivity index (χ2v) is 6.81. The van der Waals surface area contributed by atoms with E-state index in [0.717, 1.165) is 19.3 Å². The number of allylic oxidation sites excluding steroid dienone is 1. The Morgan fingerprint density at radius 2 is 2.00 bits per heavy atom. The summed E-state index contributed by atoms with van der Waals surface area (Å²) in [6, 6.07) is 10.2. The van der Waals surface area contributed by atoms with Crippen LogP contribution in [0.25, 0.3) is 0 Å². The van der Waals surface area contributed by atoms with E-state index >= 15 is 0 Å². The van der Waals surface area contributed by atoms with Crippen LogP contribution in [0.3, 0.4) is 0 Å². The molecule has 0 bridgehead atoms. The maximum Gasteiger partial charge on any atom is 0.251 e. The highest BCUT2D eigenvalue weighted by atomic mass is 19.1. The summed E-state index contributed by atoms with van der Waals surface area (Å²) in [7, 11) is 0. The average molecular weight is 367 g/mol. The molecule has 27 heavy (non-hydrogen) atoms. The van der Waals surface area contributed by atoms with E-state index in [4.69, 9.17) is 0 Å². The number of pyridine rings is 1. The van der Waals surface area contributed by atoms with Crippen LogP contribution in [-0.4, -0.2) is 24.0 Å². The van der Waals surface area contributed by atoms with Crippen molar-refractivity contribution in [2.75, 3.05) is 18.4 Å². The minimum atomic E-state index is -0.200. The summed E-state index contributed by atoms with van der Waals surface area (Å²) in [5.41, 5.74) is 2.69. The summed E-state index contributed by atoms with van der Waals surface area (Å²) in [4.78, 5) is 16.6. The van der Waals surface area contributed by atoms with Crippen molar-refractivity contribution >= 4 is 11.7 Å². The first kappa shape index (κ1) is 19.1. The summed E-state index contributed by atoms with van der Waals surface area (Å²) in [5.74, 6) is 0.327. The molecule has 0 radical (unpaired) electrons. The Labute approximate surface area is 159 Å². The summed E-state index contributed by atoms with van der Waals surface area (Å²) in [6.45, 7) is 1.20. The van der Waals surface area contributed by atoms with E-state index < -0.39 is 0 Å². The number of hydrogen-bond acceptors (Lipinski definition) is 3. The summed E-state index contributed by atoms with van der Waals surface area (Å²) in [5, 5.41) is 6.13. The fourth-order valence-electron chi connectivity index (χ4n) is 3.27. The van der Waals surface area contributed by atoms with Crippen molar-refractivity contribution < 1.29 is 9.18 Å². The van der Waals surface area contributed by atoms with Gasteiger partial charge in [0.15, 0.2) is 0 Å². The van der Waals surface area contributed by atoms with Gasteiger partial charge in [-0.1, -0.05) is 29.8 Å². The molecule has 3 rings (SSSR count). The van der Waals surface area contributed by atoms with Gasteiger partial charge >= 0.3 is 0 Å². The lowest BCUT2D eigenvalue weighted by Gasteiger charge is -2.13. The number of nitrogens with one attached hydrogen (secondary N) is 2. The van der Waals surface area contributed by atoms with Gasteiger partial charge in [-0.15, -0.1) is 0 Å². The third kappa shape index (κ3) is 5.91. The van der Waals surface area contributed by atoms with E-state index in [1.807, 2.05) is 6.07 Å². The number of carbonyl (C=O) groups is 1. The third-order valence-electron chi connectivity index (χ3n) is 4.80. The molecule has 0 aliphatic heterocycles. The molecular formula is C22H26FN3O. The first-order valence-electron chi connectivity index (χ1n) is 9.62. The van der Waals surface area contributed by atoms with Crippen LogP contribution in [0.2, 0.25) is 0 Å². The van der Waals surface area contributed by atoms with E-state index in [-0.39, 0.29) is 11.7 Å². The molecule has 0 saturated carbocycles. The van der Waals surface area contributed by atoms with E-state index in [1.165, 1.54) is 24.5 Å². The number of nitrogens with zero attached hydrogens (tertiary/aromatic N) is 1. The molecule has 0 spiro atoms. The molecule has 1 aliphatic carbocycles. The minimum absolute atomic E-state index is 0.0917. The predicted molar refractivity (Wildman–Crippen MR) is 106 cm³/mol. The van der Waals surface area contributed by atoms with Crippen molar-refractivity contribution in [1.29, 1.82) is 0 Å². The van der Waals surface area contributed by atoms with Gasteiger partial charge in [-0.05, 0) is 62.3 Å². The lowest BCUT2D eigenvalue weighted by molar-refractivity contribution is 0.0954. The molecular weight excluding hydrogens is 341 g/mol. The second-order valence-electron chi connectivity index (χ2n) is 6.81. The topological polar surface area (TPSA) is 54.0 Å². The van der Waals surface area contributed by atoms with E-state index in [0.29, 0.717) is 36.5 Å². The lowest BCUT2D eigenvalue weighted by atomic mass is 9.97. The molecule has 142 valence electrons. The lowest BCUT2D eigenvalue weighted by Crippen LogP contribution is -2.25. The Bertz CT molecular complexity index is 804. The maximum atomic E-state index is 13.6. The Balaban J connectivity index is 1.46. The molecule has 1 aromatic heterocycles. The number of anilines is 1. The van der Waals surface area contributed by atoms with Crippen molar-refractivity contribution in [1.82, 2.24) is 10.3 Å². The molecule has 0 saturated heterocycles. The maximum absolute atomic E-state index is 13.6. The van der Waals surface area contributed by atoms with Crippen molar-refractivity contribution in [2.24, 2.45) is 0 Å². The van der Waals surface area contributed by atoms with Crippen LogP contribution in [0.4, 0.5) is 10.2 Å². The van der Waals surface area contributed by atoms with Crippen molar-refractivity contribution in [2.45, 2.75) is 38.5 Å². The molecule has 5 heteroatoms. The minimum Gasteiger partial charge on any atom is -0.370 e. The standard InChI is InChI=1S/C22H26FN3O/c23-20-9-5-4-8-18(20)11-14-24-21-16-19(12-15-25-21)22(27)26-13-10-17-6-2-1-3-7-17/h4-6,8-9,12,15-16H,1-3,7,10-11,13-14H2,(H,24,25)(H,26,27). The van der Waals surface area contributed by atoms with Crippen LogP contribution in [0.15, 0.2) is 54.2 Å². The highest BCUT2D eigenvalue weighted by Gasteiger charge is 2.08. The highest BCUT2D eigenvalue weighted by molar-refractivity contribution is 5.94. The van der Waals surface area contributed by atoms with Gasteiger partial charge < -0.3 is 10.6 Å². The third-order valence-corrected chi connectivity index (χ3v) is 4.80. The number of amides is 1. The molecule has 0 fully saturated rings. The number of carbonyl (C=O) groups excluding carboxylic acids is 1. The Hall–Kier alpha value is -2.69. The Kier molecular flexibility index (Phi) is 6.97. The van der Waals surface area contributed by atoms with Crippen LogP contribution in [0.1, 0.15) is 48.0 Å². The summed E-state index contributed by atoms with van der Waals surface area (Å²) >= 11 is 0. The van der Waals surface area contributed by atoms with Crippen LogP contribution in [0.5, 0.6) is 0 Å². The normalized spacial score (nSPS) is 13.7. The number of rotatable bonds is 8. The van der Waals surface area contributed by atoms with Gasteiger partial charge in [0.05, 0.1) is 0 Å². The van der Waals surface area contributed by atoms with E-state index in [2.05, 4.69) is 21.7 Å². The number of aromatic nitrogens is 1. The largest absolute Gasteiger partial charge is 0.370 e. The summed E-state index contributed by atoms with van der Waals surface area (Å²) in [6.07, 6.45) is 10.2. The Morgan fingerprint density at radius 3 is 2.81 bits per heavy atom. The van der Waals surface area contributed by atoms with Gasteiger partial charge in [0.1, 0.15) is 11.6 Å². The van der Waals surface area contributed by atoms with E-state index in [1.54, 1.807) is 30.5 Å². The molecule has 1 aromatic carbocycles. The zero-order valence-corrected chi connectivity index (χ0v) is 15.5. The zero-order chi connectivity index (χ0) is 18.9. The zero-order valence-electron chi connectivity index (χ0n) is 15.5. The predicted octanol–water partition coefficient (Wildman–Crippen LogP) is 4.50. The fraction of sp³-hybridized carbons (Fsp3) is 0.364. The molecule has 1 aliphatic rings. The van der Waals surface area contributed by atoms with Crippen molar-refractivity contribution in [3.05, 3.63) is 71.2 Å². The van der Waals surface area contributed by atoms with E-state index in [9.17, 15) is 9.18 Å². The number of benzene rings is 1. The quantitative estimate of drug-likeness (QED) is 0.676. The average Bonchev–Trinajstić information content (AvgIpc) is 2.70. The number of hydrogen-bond donors (Lipinski definition) is 2. The fourth-order valence-corrected chi connectivity index (χ4v) is 3.27. The first-order chi connectivity index (χ1) is 13.2. The molecule has 4 nitrogen and oxygen atoms in total. The summed E-state index contributed by atoms with van der Waals surface area (Å²) < 4.78 is 13.6. The molecule has 1 amide bonds. The van der Waals surface area contributed by atoms with Gasteiger partial charge in [-0.2, -0.15) is 0 Å². The first-order valence-corrected chi connectivity index (χ1v) is 9.62. The van der Waals surface area contributed by atoms with Crippen LogP contribution in [-0.2, 0) is 6.42 Å². The highest BCUT2D eigenvalue weighted by Crippen LogP contribution is 2.19. The van der Waals surface area contributed by atoms with Gasteiger partial charge in [-0.25, -0.2) is 9.37 Å².